The normalized spacial score (nSPS) is 16.2. The first kappa shape index (κ1) is 25.3. The second-order valence-electron chi connectivity index (χ2n) is 6.72. The molecule has 0 fully saturated rings. The van der Waals surface area contributed by atoms with Crippen LogP contribution >= 0.6 is 0 Å². The number of aliphatic hydroxyl groups is 1. The summed E-state index contributed by atoms with van der Waals surface area (Å²) in [4.78, 5) is 58.5. The number of hydrogen-bond donors (Lipinski definition) is 7. The molecule has 0 aromatic carbocycles. The minimum atomic E-state index is -1.56. The van der Waals surface area contributed by atoms with Gasteiger partial charge in [-0.25, -0.2) is 4.79 Å². The van der Waals surface area contributed by atoms with Gasteiger partial charge in [0.25, 0.3) is 0 Å². The molecule has 8 N–H and O–H groups in total. The Hall–Kier alpha value is -2.73. The number of carbonyl (C=O) groups is 5. The molecule has 0 aliphatic carbocycles. The van der Waals surface area contributed by atoms with Crippen LogP contribution in [0.5, 0.6) is 0 Å². The van der Waals surface area contributed by atoms with E-state index in [0.29, 0.717) is 0 Å². The molecule has 12 heteroatoms. The lowest BCUT2D eigenvalue weighted by atomic mass is 10.0. The maximum atomic E-state index is 12.3. The van der Waals surface area contributed by atoms with Crippen molar-refractivity contribution in [2.75, 3.05) is 0 Å². The van der Waals surface area contributed by atoms with Gasteiger partial charge in [-0.15, -0.1) is 0 Å². The smallest absolute Gasteiger partial charge is 0.326 e. The molecule has 28 heavy (non-hydrogen) atoms. The van der Waals surface area contributed by atoms with Crippen LogP contribution in [-0.4, -0.2) is 75.3 Å². The molecule has 0 radical (unpaired) electrons. The molecule has 160 valence electrons. The number of aliphatic hydroxyl groups excluding tert-OH is 1. The first-order chi connectivity index (χ1) is 12.8. The highest BCUT2D eigenvalue weighted by molar-refractivity contribution is 5.95. The highest BCUT2D eigenvalue weighted by Gasteiger charge is 2.31. The van der Waals surface area contributed by atoms with E-state index in [0.717, 1.165) is 0 Å². The summed E-state index contributed by atoms with van der Waals surface area (Å²) in [5, 5.41) is 33.9. The predicted molar refractivity (Wildman–Crippen MR) is 95.8 cm³/mol. The molecule has 5 atom stereocenters. The summed E-state index contributed by atoms with van der Waals surface area (Å²) in [7, 11) is 0. The summed E-state index contributed by atoms with van der Waals surface area (Å²) in [6.45, 7) is 5.65. The number of hydrogen-bond acceptors (Lipinski definition) is 7. The lowest BCUT2D eigenvalue weighted by molar-refractivity contribution is -0.144. The van der Waals surface area contributed by atoms with Crippen molar-refractivity contribution in [2.24, 2.45) is 11.7 Å². The van der Waals surface area contributed by atoms with Gasteiger partial charge < -0.3 is 37.0 Å². The van der Waals surface area contributed by atoms with Gasteiger partial charge in [0.2, 0.25) is 17.7 Å². The zero-order valence-electron chi connectivity index (χ0n) is 16.1. The highest BCUT2D eigenvalue weighted by atomic mass is 16.4. The Kier molecular flexibility index (Phi) is 10.1. The summed E-state index contributed by atoms with van der Waals surface area (Å²) >= 11 is 0. The highest BCUT2D eigenvalue weighted by Crippen LogP contribution is 2.04. The van der Waals surface area contributed by atoms with E-state index in [1.807, 2.05) is 0 Å². The van der Waals surface area contributed by atoms with E-state index in [4.69, 9.17) is 15.9 Å². The van der Waals surface area contributed by atoms with Crippen molar-refractivity contribution in [1.29, 1.82) is 0 Å². The van der Waals surface area contributed by atoms with Crippen LogP contribution in [0.3, 0.4) is 0 Å². The molecule has 0 bridgehead atoms. The minimum Gasteiger partial charge on any atom is -0.481 e. The number of carbonyl (C=O) groups excluding carboxylic acids is 3. The van der Waals surface area contributed by atoms with Gasteiger partial charge in [0.05, 0.1) is 12.5 Å². The standard InChI is InChI=1S/C16H28N4O8/c1-6(2)12(16(27)28)20-14(25)9(5-10(22)23)19-13(24)7(3)18-15(26)11(17)8(4)21/h6-9,11-12,21H,5,17H2,1-4H3,(H,18,26)(H,19,24)(H,20,25)(H,22,23)(H,27,28). The number of nitrogens with two attached hydrogens (primary N) is 1. The van der Waals surface area contributed by atoms with Crippen LogP contribution in [0.1, 0.15) is 34.1 Å². The molecule has 0 aromatic heterocycles. The molecular weight excluding hydrogens is 376 g/mol. The number of amides is 3. The quantitative estimate of drug-likeness (QED) is 0.192. The zero-order chi connectivity index (χ0) is 22.2. The van der Waals surface area contributed by atoms with Crippen LogP contribution in [0.15, 0.2) is 0 Å². The maximum absolute atomic E-state index is 12.3. The van der Waals surface area contributed by atoms with Gasteiger partial charge in [0, 0.05) is 0 Å². The molecule has 3 amide bonds. The maximum Gasteiger partial charge on any atom is 0.326 e. The fourth-order valence-corrected chi connectivity index (χ4v) is 2.04. The van der Waals surface area contributed by atoms with Gasteiger partial charge in [-0.3, -0.25) is 19.2 Å². The van der Waals surface area contributed by atoms with E-state index in [1.165, 1.54) is 13.8 Å². The Morgan fingerprint density at radius 1 is 0.857 bits per heavy atom. The Morgan fingerprint density at radius 2 is 1.39 bits per heavy atom. The number of nitrogens with one attached hydrogen (secondary N) is 3. The van der Waals surface area contributed by atoms with Crippen molar-refractivity contribution in [3.63, 3.8) is 0 Å². The van der Waals surface area contributed by atoms with E-state index < -0.39 is 72.3 Å². The molecule has 0 rings (SSSR count). The Labute approximate surface area is 161 Å². The van der Waals surface area contributed by atoms with E-state index in [1.54, 1.807) is 13.8 Å². The first-order valence-electron chi connectivity index (χ1n) is 8.57. The van der Waals surface area contributed by atoms with Gasteiger partial charge in [-0.05, 0) is 19.8 Å². The van der Waals surface area contributed by atoms with Gasteiger partial charge in [-0.1, -0.05) is 13.8 Å². The molecule has 0 saturated heterocycles. The first-order valence-corrected chi connectivity index (χ1v) is 8.57. The van der Waals surface area contributed by atoms with Crippen molar-refractivity contribution < 1.29 is 39.3 Å². The van der Waals surface area contributed by atoms with Gasteiger partial charge in [0.1, 0.15) is 24.2 Å². The van der Waals surface area contributed by atoms with Crippen molar-refractivity contribution in [2.45, 2.75) is 64.4 Å². The van der Waals surface area contributed by atoms with Crippen molar-refractivity contribution in [3.8, 4) is 0 Å². The van der Waals surface area contributed by atoms with E-state index in [9.17, 15) is 29.1 Å². The van der Waals surface area contributed by atoms with Crippen LogP contribution in [-0.2, 0) is 24.0 Å². The second-order valence-corrected chi connectivity index (χ2v) is 6.72. The van der Waals surface area contributed by atoms with E-state index in [-0.39, 0.29) is 0 Å². The third-order valence-electron chi connectivity index (χ3n) is 3.82. The van der Waals surface area contributed by atoms with Crippen LogP contribution in [0, 0.1) is 5.92 Å². The molecule has 0 aromatic rings. The molecule has 0 heterocycles. The van der Waals surface area contributed by atoms with E-state index >= 15 is 0 Å². The summed E-state index contributed by atoms with van der Waals surface area (Å²) in [5.74, 6) is -5.88. The number of rotatable bonds is 11. The SMILES string of the molecule is CC(NC(=O)C(N)C(C)O)C(=O)NC(CC(=O)O)C(=O)NC(C(=O)O)C(C)C. The molecule has 0 aliphatic rings. The van der Waals surface area contributed by atoms with Crippen LogP contribution in [0.25, 0.3) is 0 Å². The topological polar surface area (TPSA) is 208 Å². The van der Waals surface area contributed by atoms with Crippen molar-refractivity contribution >= 4 is 29.7 Å². The minimum absolute atomic E-state index is 0.484. The summed E-state index contributed by atoms with van der Waals surface area (Å²) in [6, 6.07) is -5.31. The summed E-state index contributed by atoms with van der Waals surface area (Å²) in [5.41, 5.74) is 5.44. The third kappa shape index (κ3) is 8.31. The van der Waals surface area contributed by atoms with Crippen molar-refractivity contribution in [1.82, 2.24) is 16.0 Å². The second kappa shape index (κ2) is 11.2. The van der Waals surface area contributed by atoms with Gasteiger partial charge in [-0.2, -0.15) is 0 Å². The molecule has 12 nitrogen and oxygen atoms in total. The lowest BCUT2D eigenvalue weighted by Crippen LogP contribution is -2.58. The zero-order valence-corrected chi connectivity index (χ0v) is 16.1. The third-order valence-corrected chi connectivity index (χ3v) is 3.82. The van der Waals surface area contributed by atoms with Crippen LogP contribution < -0.4 is 21.7 Å². The largest absolute Gasteiger partial charge is 0.481 e. The molecule has 0 saturated carbocycles. The van der Waals surface area contributed by atoms with Crippen LogP contribution in [0.2, 0.25) is 0 Å². The monoisotopic (exact) mass is 404 g/mol. The Balaban J connectivity index is 5.14. The average molecular weight is 404 g/mol. The summed E-state index contributed by atoms with van der Waals surface area (Å²) < 4.78 is 0. The molecule has 0 aliphatic heterocycles. The number of aliphatic carboxylic acids is 2. The number of carboxylic acids is 2. The lowest BCUT2D eigenvalue weighted by Gasteiger charge is -2.24. The Morgan fingerprint density at radius 3 is 1.79 bits per heavy atom. The van der Waals surface area contributed by atoms with Crippen LogP contribution in [0.4, 0.5) is 0 Å². The summed E-state index contributed by atoms with van der Waals surface area (Å²) in [6.07, 6.45) is -1.96. The fraction of sp³-hybridized carbons (Fsp3) is 0.688. The molecule has 0 spiro atoms. The Bertz CT molecular complexity index is 607. The predicted octanol–water partition coefficient (Wildman–Crippen LogP) is -2.62. The van der Waals surface area contributed by atoms with Gasteiger partial charge >= 0.3 is 11.9 Å². The van der Waals surface area contributed by atoms with Gasteiger partial charge in [0.15, 0.2) is 0 Å². The molecular formula is C16H28N4O8. The van der Waals surface area contributed by atoms with E-state index in [2.05, 4.69) is 16.0 Å². The number of carboxylic acid groups (broad SMARTS) is 2. The van der Waals surface area contributed by atoms with Crippen molar-refractivity contribution in [3.05, 3.63) is 0 Å². The molecule has 5 unspecified atom stereocenters. The average Bonchev–Trinajstić information content (AvgIpc) is 2.56. The fourth-order valence-electron chi connectivity index (χ4n) is 2.04.